The van der Waals surface area contributed by atoms with Gasteiger partial charge in [0.25, 0.3) is 0 Å². The highest BCUT2D eigenvalue weighted by molar-refractivity contribution is 8.75. The third-order valence-corrected chi connectivity index (χ3v) is 3.40. The summed E-state index contributed by atoms with van der Waals surface area (Å²) in [5.41, 5.74) is 0. The van der Waals surface area contributed by atoms with Crippen molar-refractivity contribution in [3.05, 3.63) is 0 Å². The monoisotopic (exact) mass is 212 g/mol. The van der Waals surface area contributed by atoms with E-state index in [1.54, 1.807) is 0 Å². The highest BCUT2D eigenvalue weighted by Gasteiger charge is 2.04. The van der Waals surface area contributed by atoms with E-state index in [0.29, 0.717) is 15.1 Å². The Morgan fingerprint density at radius 3 is 2.36 bits per heavy atom. The first-order chi connectivity index (χ1) is 5.11. The fraction of sp³-hybridized carbons (Fsp3) is 0.800. The summed E-state index contributed by atoms with van der Waals surface area (Å²) >= 11 is 4.85. The number of hydrogen-bond donors (Lipinski definition) is 0. The predicted octanol–water partition coefficient (Wildman–Crippen LogP) is 1.14. The molecule has 0 saturated heterocycles. The Morgan fingerprint density at radius 1 is 1.64 bits per heavy atom. The van der Waals surface area contributed by atoms with E-state index in [4.69, 9.17) is 12.2 Å². The summed E-state index contributed by atoms with van der Waals surface area (Å²) in [7, 11) is -1.45. The largest absolute Gasteiger partial charge is 0.763 e. The molecule has 0 aliphatic carbocycles. The van der Waals surface area contributed by atoms with E-state index in [0.717, 1.165) is 13.1 Å². The van der Waals surface area contributed by atoms with Crippen LogP contribution < -0.4 is 0 Å². The molecule has 0 bridgehead atoms. The van der Waals surface area contributed by atoms with E-state index < -0.39 is 10.1 Å². The van der Waals surface area contributed by atoms with E-state index in [1.165, 1.54) is 0 Å². The van der Waals surface area contributed by atoms with Crippen molar-refractivity contribution < 1.29 is 8.76 Å². The van der Waals surface area contributed by atoms with Crippen LogP contribution in [0.4, 0.5) is 0 Å². The molecule has 0 saturated carbocycles. The van der Waals surface area contributed by atoms with Crippen LogP contribution >= 0.6 is 23.0 Å². The molecule has 11 heavy (non-hydrogen) atoms. The van der Waals surface area contributed by atoms with E-state index in [2.05, 4.69) is 0 Å². The van der Waals surface area contributed by atoms with E-state index >= 15 is 0 Å². The van der Waals surface area contributed by atoms with Crippen LogP contribution in [0.3, 0.4) is 0 Å². The molecule has 1 unspecified atom stereocenters. The zero-order valence-electron chi connectivity index (χ0n) is 6.40. The van der Waals surface area contributed by atoms with Gasteiger partial charge in [-0.15, -0.1) is 0 Å². The molecule has 0 aliphatic heterocycles. The van der Waals surface area contributed by atoms with Crippen LogP contribution in [0.1, 0.15) is 13.8 Å². The first kappa shape index (κ1) is 11.4. The second-order valence-electron chi connectivity index (χ2n) is 1.73. The second-order valence-corrected chi connectivity index (χ2v) is 4.65. The van der Waals surface area contributed by atoms with Gasteiger partial charge in [0.2, 0.25) is 0 Å². The fourth-order valence-electron chi connectivity index (χ4n) is 0.593. The molecular formula is C5H10NO2S3-. The molecular weight excluding hydrogens is 202 g/mol. The number of rotatable bonds is 3. The lowest BCUT2D eigenvalue weighted by Crippen LogP contribution is -2.26. The molecule has 6 heteroatoms. The first-order valence-electron chi connectivity index (χ1n) is 3.18. The molecule has 66 valence electrons. The molecule has 0 amide bonds. The molecule has 3 nitrogen and oxygen atoms in total. The van der Waals surface area contributed by atoms with Crippen molar-refractivity contribution in [1.82, 2.24) is 4.90 Å². The van der Waals surface area contributed by atoms with Gasteiger partial charge >= 0.3 is 0 Å². The van der Waals surface area contributed by atoms with E-state index in [1.807, 2.05) is 18.7 Å². The van der Waals surface area contributed by atoms with Crippen molar-refractivity contribution in [2.75, 3.05) is 13.1 Å². The molecule has 1 atom stereocenters. The van der Waals surface area contributed by atoms with Gasteiger partial charge in [0.05, 0.1) is 0 Å². The molecule has 0 N–H and O–H groups in total. The van der Waals surface area contributed by atoms with Crippen LogP contribution in [-0.4, -0.2) is 31.1 Å². The Bertz CT molecular complexity index is 158. The first-order valence-corrected chi connectivity index (χ1v) is 6.00. The Hall–Kier alpha value is 0.350. The summed E-state index contributed by atoms with van der Waals surface area (Å²) in [5, 5.41) is 0. The van der Waals surface area contributed by atoms with Gasteiger partial charge in [-0.1, -0.05) is 12.2 Å². The van der Waals surface area contributed by atoms with Crippen molar-refractivity contribution in [3.8, 4) is 0 Å². The van der Waals surface area contributed by atoms with E-state index in [-0.39, 0.29) is 0 Å². The molecule has 0 fully saturated rings. The normalized spacial score (nSPS) is 12.6. The maximum atomic E-state index is 10.2. The summed E-state index contributed by atoms with van der Waals surface area (Å²) in [6.45, 7) is 5.37. The maximum Gasteiger partial charge on any atom is 0.148 e. The maximum absolute atomic E-state index is 10.2. The van der Waals surface area contributed by atoms with Crippen molar-refractivity contribution in [3.63, 3.8) is 0 Å². The van der Waals surface area contributed by atoms with Crippen molar-refractivity contribution in [2.24, 2.45) is 0 Å². The SMILES string of the molecule is CCN(CC)C(=S)SS(=O)[O-]. The topological polar surface area (TPSA) is 43.4 Å². The van der Waals surface area contributed by atoms with Crippen LogP contribution in [0, 0.1) is 0 Å². The zero-order chi connectivity index (χ0) is 8.85. The van der Waals surface area contributed by atoms with Gasteiger partial charge in [-0.25, -0.2) is 0 Å². The molecule has 0 aliphatic rings. The van der Waals surface area contributed by atoms with Gasteiger partial charge < -0.3 is 9.45 Å². The molecule has 0 aromatic heterocycles. The average molecular weight is 212 g/mol. The van der Waals surface area contributed by atoms with Gasteiger partial charge in [0, 0.05) is 23.2 Å². The van der Waals surface area contributed by atoms with Gasteiger partial charge in [0.1, 0.15) is 4.32 Å². The van der Waals surface area contributed by atoms with Gasteiger partial charge in [-0.3, -0.25) is 4.21 Å². The van der Waals surface area contributed by atoms with Crippen LogP contribution in [0.2, 0.25) is 0 Å². The highest BCUT2D eigenvalue weighted by atomic mass is 33.1. The Morgan fingerprint density at radius 2 is 2.09 bits per heavy atom. The molecule has 0 heterocycles. The van der Waals surface area contributed by atoms with Crippen LogP contribution in [-0.2, 0) is 10.1 Å². The van der Waals surface area contributed by atoms with Gasteiger partial charge in [-0.2, -0.15) is 0 Å². The lowest BCUT2D eigenvalue weighted by atomic mass is 10.6. The van der Waals surface area contributed by atoms with Crippen LogP contribution in [0.15, 0.2) is 0 Å². The van der Waals surface area contributed by atoms with E-state index in [9.17, 15) is 8.76 Å². The second kappa shape index (κ2) is 5.93. The van der Waals surface area contributed by atoms with Crippen molar-refractivity contribution in [1.29, 1.82) is 0 Å². The zero-order valence-corrected chi connectivity index (χ0v) is 8.85. The summed E-state index contributed by atoms with van der Waals surface area (Å²) in [6, 6.07) is 0. The van der Waals surface area contributed by atoms with Gasteiger partial charge in [0.15, 0.2) is 0 Å². The standard InChI is InChI=1S/C5H11NO2S3/c1-3-6(4-2)5(9)10-11(7)8/h3-4H2,1-2H3,(H,7,8)/p-1. The number of thiocarbonyl (C=S) groups is 1. The Labute approximate surface area is 78.2 Å². The van der Waals surface area contributed by atoms with Crippen LogP contribution in [0.5, 0.6) is 0 Å². The minimum atomic E-state index is -2.14. The summed E-state index contributed by atoms with van der Waals surface area (Å²) in [6.07, 6.45) is 0. The minimum Gasteiger partial charge on any atom is -0.763 e. The Kier molecular flexibility index (Phi) is 6.12. The minimum absolute atomic E-state index is 0.420. The smallest absolute Gasteiger partial charge is 0.148 e. The number of nitrogens with zero attached hydrogens (tertiary/aromatic N) is 1. The highest BCUT2D eigenvalue weighted by Crippen LogP contribution is 2.11. The third kappa shape index (κ3) is 4.73. The molecule has 0 radical (unpaired) electrons. The summed E-state index contributed by atoms with van der Waals surface area (Å²) < 4.78 is 20.8. The predicted molar refractivity (Wildman–Crippen MR) is 52.0 cm³/mol. The molecule has 0 aromatic carbocycles. The fourth-order valence-corrected chi connectivity index (χ4v) is 2.50. The lowest BCUT2D eigenvalue weighted by Gasteiger charge is -2.20. The third-order valence-electron chi connectivity index (χ3n) is 1.16. The number of hydrogen-bond acceptors (Lipinski definition) is 4. The van der Waals surface area contributed by atoms with Crippen LogP contribution in [0.25, 0.3) is 0 Å². The molecule has 0 aromatic rings. The lowest BCUT2D eigenvalue weighted by molar-refractivity contribution is 0.482. The molecule has 0 spiro atoms. The van der Waals surface area contributed by atoms with Crippen molar-refractivity contribution >= 4 is 37.4 Å². The Balaban J connectivity index is 3.89. The average Bonchev–Trinajstić information content (AvgIpc) is 1.88. The summed E-state index contributed by atoms with van der Waals surface area (Å²) in [5.74, 6) is 0. The van der Waals surface area contributed by atoms with Crippen molar-refractivity contribution in [2.45, 2.75) is 13.8 Å². The summed E-state index contributed by atoms with van der Waals surface area (Å²) in [4.78, 5) is 1.82. The van der Waals surface area contributed by atoms with Gasteiger partial charge in [-0.05, 0) is 24.6 Å². The molecule has 0 rings (SSSR count). The quantitative estimate of drug-likeness (QED) is 0.399.